The van der Waals surface area contributed by atoms with E-state index in [0.717, 1.165) is 24.8 Å². The van der Waals surface area contributed by atoms with E-state index in [-0.39, 0.29) is 12.5 Å². The minimum absolute atomic E-state index is 0.264. The van der Waals surface area contributed by atoms with Crippen LogP contribution < -0.4 is 5.32 Å². The van der Waals surface area contributed by atoms with E-state index < -0.39 is 17.3 Å². The Morgan fingerprint density at radius 1 is 1.30 bits per heavy atom. The molecule has 142 valence electrons. The lowest BCUT2D eigenvalue weighted by molar-refractivity contribution is -0.141. The van der Waals surface area contributed by atoms with E-state index in [9.17, 15) is 14.9 Å². The van der Waals surface area contributed by atoms with Gasteiger partial charge in [-0.05, 0) is 25.3 Å². The Labute approximate surface area is 164 Å². The number of nitrogens with zero attached hydrogens (tertiary/aromatic N) is 1. The summed E-state index contributed by atoms with van der Waals surface area (Å²) in [4.78, 5) is 25.6. The van der Waals surface area contributed by atoms with E-state index in [1.165, 1.54) is 11.8 Å². The number of amides is 1. The topological polar surface area (TPSA) is 79.2 Å². The number of nitriles is 1. The average Bonchev–Trinajstić information content (AvgIpc) is 2.68. The summed E-state index contributed by atoms with van der Waals surface area (Å²) in [7, 11) is 0. The zero-order chi connectivity index (χ0) is 19.3. The molecule has 0 radical (unpaired) electrons. The number of rotatable bonds is 5. The fraction of sp³-hybridized carbons (Fsp3) is 0.476. The van der Waals surface area contributed by atoms with Crippen molar-refractivity contribution < 1.29 is 14.3 Å². The average molecular weight is 385 g/mol. The van der Waals surface area contributed by atoms with Gasteiger partial charge >= 0.3 is 5.97 Å². The highest BCUT2D eigenvalue weighted by molar-refractivity contribution is 8.02. The maximum absolute atomic E-state index is 12.9. The third-order valence-electron chi connectivity index (χ3n) is 5.36. The minimum Gasteiger partial charge on any atom is -0.463 e. The van der Waals surface area contributed by atoms with Crippen LogP contribution in [0.3, 0.4) is 0 Å². The van der Waals surface area contributed by atoms with Crippen LogP contribution in [0.1, 0.15) is 44.6 Å². The maximum atomic E-state index is 12.9. The molecule has 1 amide bonds. The molecule has 2 aliphatic rings. The largest absolute Gasteiger partial charge is 0.463 e. The first-order valence-electron chi connectivity index (χ1n) is 9.41. The molecule has 0 unspecified atom stereocenters. The molecule has 1 heterocycles. The quantitative estimate of drug-likeness (QED) is 0.779. The van der Waals surface area contributed by atoms with Gasteiger partial charge in [0.1, 0.15) is 5.92 Å². The highest BCUT2D eigenvalue weighted by Gasteiger charge is 2.53. The molecule has 1 atom stereocenters. The summed E-state index contributed by atoms with van der Waals surface area (Å²) in [5, 5.41) is 13.1. The lowest BCUT2D eigenvalue weighted by Crippen LogP contribution is -2.50. The molecule has 1 aromatic rings. The molecule has 5 nitrogen and oxygen atoms in total. The summed E-state index contributed by atoms with van der Waals surface area (Å²) >= 11 is 1.43. The first kappa shape index (κ1) is 19.5. The second-order valence-electron chi connectivity index (χ2n) is 6.97. The van der Waals surface area contributed by atoms with Crippen molar-refractivity contribution in [3.63, 3.8) is 0 Å². The molecule has 1 aliphatic heterocycles. The molecular formula is C21H24N2O3S. The summed E-state index contributed by atoms with van der Waals surface area (Å²) in [5.74, 6) is -0.927. The van der Waals surface area contributed by atoms with Crippen molar-refractivity contribution in [2.75, 3.05) is 6.61 Å². The van der Waals surface area contributed by atoms with Crippen LogP contribution in [0, 0.1) is 22.7 Å². The first-order valence-corrected chi connectivity index (χ1v) is 10.4. The van der Waals surface area contributed by atoms with Gasteiger partial charge in [0.05, 0.1) is 23.3 Å². The predicted molar refractivity (Wildman–Crippen MR) is 104 cm³/mol. The van der Waals surface area contributed by atoms with Gasteiger partial charge in [-0.1, -0.05) is 49.6 Å². The molecule has 1 aliphatic carbocycles. The van der Waals surface area contributed by atoms with Gasteiger partial charge in [0.15, 0.2) is 0 Å². The summed E-state index contributed by atoms with van der Waals surface area (Å²) in [6.07, 6.45) is 4.21. The van der Waals surface area contributed by atoms with Crippen molar-refractivity contribution in [3.8, 4) is 6.07 Å². The van der Waals surface area contributed by atoms with Crippen molar-refractivity contribution in [2.24, 2.45) is 11.3 Å². The lowest BCUT2D eigenvalue weighted by Gasteiger charge is -2.44. The zero-order valence-electron chi connectivity index (χ0n) is 15.5. The summed E-state index contributed by atoms with van der Waals surface area (Å²) in [6.45, 7) is 2.03. The third-order valence-corrected chi connectivity index (χ3v) is 6.43. The second kappa shape index (κ2) is 8.62. The summed E-state index contributed by atoms with van der Waals surface area (Å²) in [6, 6.07) is 12.1. The second-order valence-corrected chi connectivity index (χ2v) is 7.95. The van der Waals surface area contributed by atoms with Gasteiger partial charge in [-0.25, -0.2) is 4.79 Å². The number of hydrogen-bond acceptors (Lipinski definition) is 5. The number of esters is 1. The summed E-state index contributed by atoms with van der Waals surface area (Å²) < 4.78 is 5.35. The highest BCUT2D eigenvalue weighted by Crippen LogP contribution is 2.52. The van der Waals surface area contributed by atoms with E-state index >= 15 is 0 Å². The Bertz CT molecular complexity index is 776. The normalized spacial score (nSPS) is 21.5. The first-order chi connectivity index (χ1) is 13.1. The minimum atomic E-state index is -0.849. The lowest BCUT2D eigenvalue weighted by atomic mass is 9.60. The molecule has 0 saturated heterocycles. The molecule has 0 bridgehead atoms. The number of nitrogens with one attached hydrogen (secondary N) is 1. The van der Waals surface area contributed by atoms with Crippen LogP contribution >= 0.6 is 11.8 Å². The molecule has 0 aromatic heterocycles. The number of ether oxygens (including phenoxy) is 1. The predicted octanol–water partition coefficient (Wildman–Crippen LogP) is 3.91. The number of benzene rings is 1. The molecule has 6 heteroatoms. The Morgan fingerprint density at radius 2 is 2.00 bits per heavy atom. The van der Waals surface area contributed by atoms with Crippen LogP contribution in [0.4, 0.5) is 0 Å². The van der Waals surface area contributed by atoms with Gasteiger partial charge in [0.25, 0.3) is 0 Å². The van der Waals surface area contributed by atoms with Crippen LogP contribution in [0.15, 0.2) is 40.9 Å². The molecular weight excluding hydrogens is 360 g/mol. The van der Waals surface area contributed by atoms with Gasteiger partial charge in [0.2, 0.25) is 5.91 Å². The SMILES string of the molecule is CCOC(=O)C1=C(SCc2ccccc2)NC(=O)[C@H](C#N)C12CCCCC2. The fourth-order valence-corrected chi connectivity index (χ4v) is 5.22. The van der Waals surface area contributed by atoms with E-state index in [0.29, 0.717) is 29.2 Å². The van der Waals surface area contributed by atoms with Crippen LogP contribution in [0.2, 0.25) is 0 Å². The van der Waals surface area contributed by atoms with E-state index in [4.69, 9.17) is 4.74 Å². The third kappa shape index (κ3) is 3.89. The number of hydrogen-bond donors (Lipinski definition) is 1. The van der Waals surface area contributed by atoms with Gasteiger partial charge in [-0.3, -0.25) is 4.79 Å². The Morgan fingerprint density at radius 3 is 2.63 bits per heavy atom. The molecule has 1 N–H and O–H groups in total. The van der Waals surface area contributed by atoms with E-state index in [1.807, 2.05) is 30.3 Å². The molecule has 3 rings (SSSR count). The van der Waals surface area contributed by atoms with Crippen molar-refractivity contribution in [3.05, 3.63) is 46.5 Å². The van der Waals surface area contributed by atoms with E-state index in [2.05, 4.69) is 11.4 Å². The van der Waals surface area contributed by atoms with E-state index in [1.54, 1.807) is 6.92 Å². The molecule has 27 heavy (non-hydrogen) atoms. The van der Waals surface area contributed by atoms with Gasteiger partial charge < -0.3 is 10.1 Å². The fourth-order valence-electron chi connectivity index (χ4n) is 4.11. The molecule has 1 spiro atoms. The maximum Gasteiger partial charge on any atom is 0.337 e. The van der Waals surface area contributed by atoms with Crippen LogP contribution in [0.5, 0.6) is 0 Å². The van der Waals surface area contributed by atoms with Crippen molar-refractivity contribution in [2.45, 2.75) is 44.8 Å². The summed E-state index contributed by atoms with van der Waals surface area (Å²) in [5.41, 5.74) is 0.865. The zero-order valence-corrected chi connectivity index (χ0v) is 16.3. The van der Waals surface area contributed by atoms with Gasteiger partial charge in [-0.2, -0.15) is 5.26 Å². The van der Waals surface area contributed by atoms with Crippen LogP contribution in [0.25, 0.3) is 0 Å². The smallest absolute Gasteiger partial charge is 0.337 e. The molecule has 1 fully saturated rings. The molecule has 1 saturated carbocycles. The Balaban J connectivity index is 2.02. The van der Waals surface area contributed by atoms with Crippen molar-refractivity contribution in [1.82, 2.24) is 5.32 Å². The molecule has 1 aromatic carbocycles. The van der Waals surface area contributed by atoms with Gasteiger partial charge in [0, 0.05) is 11.2 Å². The Hall–Kier alpha value is -2.26. The standard InChI is InChI=1S/C21H24N2O3S/c1-2-26-20(25)17-19(27-14-15-9-5-3-6-10-15)23-18(24)16(13-22)21(17)11-7-4-8-12-21/h3,5-6,9-10,16H,2,4,7-8,11-12,14H2,1H3,(H,23,24)/t16-/m0/s1. The number of carbonyl (C=O) groups is 2. The van der Waals surface area contributed by atoms with Crippen molar-refractivity contribution >= 4 is 23.6 Å². The van der Waals surface area contributed by atoms with Crippen LogP contribution in [-0.2, 0) is 20.1 Å². The number of thioether (sulfide) groups is 1. The monoisotopic (exact) mass is 384 g/mol. The van der Waals surface area contributed by atoms with Crippen LogP contribution in [-0.4, -0.2) is 18.5 Å². The van der Waals surface area contributed by atoms with Crippen molar-refractivity contribution in [1.29, 1.82) is 5.26 Å². The highest BCUT2D eigenvalue weighted by atomic mass is 32.2. The Kier molecular flexibility index (Phi) is 6.22. The number of carbonyl (C=O) groups excluding carboxylic acids is 2. The van der Waals surface area contributed by atoms with Gasteiger partial charge in [-0.15, -0.1) is 11.8 Å².